The van der Waals surface area contributed by atoms with Crippen LogP contribution in [-0.2, 0) is 17.8 Å². The molecule has 0 radical (unpaired) electrons. The second kappa shape index (κ2) is 10.5. The van der Waals surface area contributed by atoms with Gasteiger partial charge in [-0.25, -0.2) is 4.79 Å². The number of likely N-dealkylation sites (tertiary alicyclic amines) is 1. The SMILES string of the molecule is COc1ccc(CNC(=O)NC[C@@H]2CC(=O)N(CCc3ccccc3)C2)cc1OC. The minimum absolute atomic E-state index is 0.139. The van der Waals surface area contributed by atoms with Crippen molar-refractivity contribution >= 4 is 11.9 Å². The molecule has 1 aliphatic heterocycles. The normalized spacial score (nSPS) is 15.7. The number of amides is 3. The van der Waals surface area contributed by atoms with Crippen LogP contribution in [-0.4, -0.2) is 50.7 Å². The predicted molar refractivity (Wildman–Crippen MR) is 115 cm³/mol. The average Bonchev–Trinajstić information content (AvgIpc) is 3.14. The summed E-state index contributed by atoms with van der Waals surface area (Å²) in [6.45, 7) is 2.25. The van der Waals surface area contributed by atoms with Crippen LogP contribution in [0.2, 0.25) is 0 Å². The number of hydrogen-bond donors (Lipinski definition) is 2. The lowest BCUT2D eigenvalue weighted by Crippen LogP contribution is -2.38. The summed E-state index contributed by atoms with van der Waals surface area (Å²) in [5.41, 5.74) is 2.13. The van der Waals surface area contributed by atoms with Crippen LogP contribution in [0, 0.1) is 5.92 Å². The van der Waals surface area contributed by atoms with Gasteiger partial charge in [0.2, 0.25) is 5.91 Å². The largest absolute Gasteiger partial charge is 0.493 e. The lowest BCUT2D eigenvalue weighted by molar-refractivity contribution is -0.127. The molecule has 2 N–H and O–H groups in total. The van der Waals surface area contributed by atoms with E-state index < -0.39 is 0 Å². The minimum Gasteiger partial charge on any atom is -0.493 e. The highest BCUT2D eigenvalue weighted by atomic mass is 16.5. The van der Waals surface area contributed by atoms with E-state index in [1.54, 1.807) is 14.2 Å². The Morgan fingerprint density at radius 2 is 1.80 bits per heavy atom. The summed E-state index contributed by atoms with van der Waals surface area (Å²) < 4.78 is 10.5. The molecular weight excluding hydrogens is 382 g/mol. The van der Waals surface area contributed by atoms with E-state index in [-0.39, 0.29) is 17.9 Å². The average molecular weight is 412 g/mol. The molecule has 1 aliphatic rings. The fourth-order valence-corrected chi connectivity index (χ4v) is 3.59. The highest BCUT2D eigenvalue weighted by Crippen LogP contribution is 2.27. The van der Waals surface area contributed by atoms with Crippen molar-refractivity contribution in [2.24, 2.45) is 5.92 Å². The molecule has 3 rings (SSSR count). The summed E-state index contributed by atoms with van der Waals surface area (Å²) >= 11 is 0. The van der Waals surface area contributed by atoms with Crippen molar-refractivity contribution in [3.63, 3.8) is 0 Å². The Bertz CT molecular complexity index is 857. The standard InChI is InChI=1S/C23H29N3O4/c1-29-20-9-8-18(12-21(20)30-2)14-24-23(28)25-15-19-13-22(27)26(16-19)11-10-17-6-4-3-5-7-17/h3-9,12,19H,10-11,13-16H2,1-2H3,(H2,24,25,28)/t19-/m0/s1. The minimum atomic E-state index is -0.250. The lowest BCUT2D eigenvalue weighted by atomic mass is 10.1. The molecule has 0 aliphatic carbocycles. The number of methoxy groups -OCH3 is 2. The number of ether oxygens (including phenoxy) is 2. The first-order chi connectivity index (χ1) is 14.6. The first-order valence-corrected chi connectivity index (χ1v) is 10.1. The summed E-state index contributed by atoms with van der Waals surface area (Å²) in [4.78, 5) is 26.3. The zero-order valence-electron chi connectivity index (χ0n) is 17.5. The third-order valence-electron chi connectivity index (χ3n) is 5.26. The van der Waals surface area contributed by atoms with Gasteiger partial charge in [0.25, 0.3) is 0 Å². The second-order valence-corrected chi connectivity index (χ2v) is 7.40. The lowest BCUT2D eigenvalue weighted by Gasteiger charge is -2.17. The smallest absolute Gasteiger partial charge is 0.315 e. The number of nitrogens with one attached hydrogen (secondary N) is 2. The third kappa shape index (κ3) is 5.89. The van der Waals surface area contributed by atoms with Crippen molar-refractivity contribution in [3.05, 3.63) is 59.7 Å². The molecule has 1 atom stereocenters. The van der Waals surface area contributed by atoms with Crippen LogP contribution in [0.3, 0.4) is 0 Å². The molecule has 0 saturated carbocycles. The van der Waals surface area contributed by atoms with E-state index in [9.17, 15) is 9.59 Å². The Morgan fingerprint density at radius 1 is 1.03 bits per heavy atom. The maximum Gasteiger partial charge on any atom is 0.315 e. The monoisotopic (exact) mass is 411 g/mol. The molecule has 0 spiro atoms. The molecular formula is C23H29N3O4. The third-order valence-corrected chi connectivity index (χ3v) is 5.26. The zero-order valence-corrected chi connectivity index (χ0v) is 17.5. The van der Waals surface area contributed by atoms with Gasteiger partial charge in [-0.1, -0.05) is 36.4 Å². The van der Waals surface area contributed by atoms with Gasteiger partial charge in [0, 0.05) is 38.5 Å². The van der Waals surface area contributed by atoms with Crippen LogP contribution in [0.5, 0.6) is 11.5 Å². The molecule has 2 aromatic rings. The van der Waals surface area contributed by atoms with Gasteiger partial charge in [0.1, 0.15) is 0 Å². The van der Waals surface area contributed by atoms with Crippen LogP contribution in [0.1, 0.15) is 17.5 Å². The number of rotatable bonds is 9. The number of nitrogens with zero attached hydrogens (tertiary/aromatic N) is 1. The molecule has 7 heteroatoms. The molecule has 7 nitrogen and oxygen atoms in total. The van der Waals surface area contributed by atoms with E-state index >= 15 is 0 Å². The molecule has 0 bridgehead atoms. The summed E-state index contributed by atoms with van der Waals surface area (Å²) in [5, 5.41) is 5.71. The molecule has 1 heterocycles. The van der Waals surface area contributed by atoms with E-state index in [1.165, 1.54) is 5.56 Å². The Balaban J connectivity index is 1.39. The topological polar surface area (TPSA) is 79.9 Å². The first-order valence-electron chi connectivity index (χ1n) is 10.1. The number of hydrogen-bond acceptors (Lipinski definition) is 4. The molecule has 0 aromatic heterocycles. The molecule has 160 valence electrons. The molecule has 1 fully saturated rings. The van der Waals surface area contributed by atoms with Gasteiger partial charge in [0.05, 0.1) is 14.2 Å². The summed E-state index contributed by atoms with van der Waals surface area (Å²) in [6, 6.07) is 15.4. The summed E-state index contributed by atoms with van der Waals surface area (Å²) in [7, 11) is 3.16. The number of urea groups is 1. The number of benzene rings is 2. The van der Waals surface area contributed by atoms with E-state index in [2.05, 4.69) is 22.8 Å². The van der Waals surface area contributed by atoms with Crippen molar-refractivity contribution in [2.75, 3.05) is 33.9 Å². The van der Waals surface area contributed by atoms with Crippen LogP contribution in [0.15, 0.2) is 48.5 Å². The van der Waals surface area contributed by atoms with E-state index in [0.29, 0.717) is 44.1 Å². The Morgan fingerprint density at radius 3 is 2.53 bits per heavy atom. The maximum atomic E-state index is 12.2. The van der Waals surface area contributed by atoms with Gasteiger partial charge < -0.3 is 25.0 Å². The van der Waals surface area contributed by atoms with Crippen molar-refractivity contribution in [3.8, 4) is 11.5 Å². The quantitative estimate of drug-likeness (QED) is 0.665. The van der Waals surface area contributed by atoms with Crippen LogP contribution in [0.25, 0.3) is 0 Å². The van der Waals surface area contributed by atoms with Gasteiger partial charge in [0.15, 0.2) is 11.5 Å². The van der Waals surface area contributed by atoms with E-state index in [1.807, 2.05) is 41.3 Å². The summed E-state index contributed by atoms with van der Waals surface area (Å²) in [6.07, 6.45) is 1.32. The number of carbonyl (C=O) groups is 2. The molecule has 1 saturated heterocycles. The molecule has 3 amide bonds. The van der Waals surface area contributed by atoms with Crippen molar-refractivity contribution in [1.82, 2.24) is 15.5 Å². The Labute approximate surface area is 177 Å². The fraction of sp³-hybridized carbons (Fsp3) is 0.391. The molecule has 2 aromatic carbocycles. The van der Waals surface area contributed by atoms with Gasteiger partial charge in [-0.05, 0) is 29.7 Å². The van der Waals surface area contributed by atoms with Gasteiger partial charge >= 0.3 is 6.03 Å². The van der Waals surface area contributed by atoms with Crippen molar-refractivity contribution in [2.45, 2.75) is 19.4 Å². The first kappa shape index (κ1) is 21.5. The maximum absolute atomic E-state index is 12.2. The van der Waals surface area contributed by atoms with Crippen molar-refractivity contribution < 1.29 is 19.1 Å². The Hall–Kier alpha value is -3.22. The molecule has 0 unspecified atom stereocenters. The van der Waals surface area contributed by atoms with Crippen LogP contribution >= 0.6 is 0 Å². The van der Waals surface area contributed by atoms with Gasteiger partial charge in [-0.3, -0.25) is 4.79 Å². The van der Waals surface area contributed by atoms with Gasteiger partial charge in [-0.15, -0.1) is 0 Å². The molecule has 30 heavy (non-hydrogen) atoms. The summed E-state index contributed by atoms with van der Waals surface area (Å²) in [5.74, 6) is 1.56. The second-order valence-electron chi connectivity index (χ2n) is 7.40. The zero-order chi connectivity index (χ0) is 21.3. The predicted octanol–water partition coefficient (Wildman–Crippen LogP) is 2.59. The van der Waals surface area contributed by atoms with Crippen LogP contribution in [0.4, 0.5) is 4.79 Å². The van der Waals surface area contributed by atoms with E-state index in [4.69, 9.17) is 9.47 Å². The number of carbonyl (C=O) groups excluding carboxylic acids is 2. The Kier molecular flexibility index (Phi) is 7.54. The highest BCUT2D eigenvalue weighted by molar-refractivity contribution is 5.79. The highest BCUT2D eigenvalue weighted by Gasteiger charge is 2.29. The fourth-order valence-electron chi connectivity index (χ4n) is 3.59. The van der Waals surface area contributed by atoms with Crippen molar-refractivity contribution in [1.29, 1.82) is 0 Å². The van der Waals surface area contributed by atoms with E-state index in [0.717, 1.165) is 12.0 Å². The van der Waals surface area contributed by atoms with Gasteiger partial charge in [-0.2, -0.15) is 0 Å². The van der Waals surface area contributed by atoms with Crippen LogP contribution < -0.4 is 20.1 Å².